The van der Waals surface area contributed by atoms with Gasteiger partial charge in [-0.25, -0.2) is 0 Å². The quantitative estimate of drug-likeness (QED) is 0.589. The van der Waals surface area contributed by atoms with Crippen LogP contribution in [0, 0.1) is 0 Å². The molecule has 0 amide bonds. The van der Waals surface area contributed by atoms with E-state index in [4.69, 9.17) is 9.47 Å². The zero-order valence-corrected chi connectivity index (χ0v) is 14.4. The molecule has 0 aliphatic carbocycles. The van der Waals surface area contributed by atoms with E-state index in [-0.39, 0.29) is 0 Å². The van der Waals surface area contributed by atoms with Crippen molar-refractivity contribution in [3.05, 3.63) is 23.8 Å². The fraction of sp³-hybridized carbons (Fsp3) is 0.600. The fourth-order valence-corrected chi connectivity index (χ4v) is 5.49. The summed E-state index contributed by atoms with van der Waals surface area (Å²) < 4.78 is 11.7. The fourth-order valence-electron chi connectivity index (χ4n) is 2.81. The van der Waals surface area contributed by atoms with Gasteiger partial charge in [-0.05, 0) is 18.2 Å². The van der Waals surface area contributed by atoms with Crippen molar-refractivity contribution < 1.29 is 14.0 Å². The summed E-state index contributed by atoms with van der Waals surface area (Å²) in [5, 5.41) is 0. The average molecular weight is 282 g/mol. The van der Waals surface area contributed by atoms with Crippen LogP contribution >= 0.6 is 0 Å². The van der Waals surface area contributed by atoms with Gasteiger partial charge in [-0.1, -0.05) is 19.6 Å². The molecule has 0 N–H and O–H groups in total. The number of nitrogens with zero attached hydrogens (tertiary/aromatic N) is 1. The van der Waals surface area contributed by atoms with Crippen molar-refractivity contribution in [3.63, 3.8) is 0 Å². The van der Waals surface area contributed by atoms with E-state index in [1.807, 2.05) is 6.07 Å². The molecule has 4 heteroatoms. The van der Waals surface area contributed by atoms with Gasteiger partial charge in [0, 0.05) is 5.56 Å². The second-order valence-electron chi connectivity index (χ2n) is 7.00. The minimum Gasteiger partial charge on any atom is -0.493 e. The maximum absolute atomic E-state index is 5.37. The van der Waals surface area contributed by atoms with Gasteiger partial charge in [0.1, 0.15) is 14.6 Å². The zero-order valence-electron chi connectivity index (χ0n) is 13.4. The van der Waals surface area contributed by atoms with Crippen LogP contribution in [0.4, 0.5) is 0 Å². The molecule has 0 radical (unpaired) electrons. The van der Waals surface area contributed by atoms with E-state index in [1.165, 1.54) is 11.7 Å². The Balaban J connectivity index is 2.87. The lowest BCUT2D eigenvalue weighted by Gasteiger charge is -2.35. The van der Waals surface area contributed by atoms with Crippen molar-refractivity contribution >= 4 is 8.07 Å². The van der Waals surface area contributed by atoms with E-state index < -0.39 is 8.07 Å². The average Bonchev–Trinajstić information content (AvgIpc) is 2.24. The third kappa shape index (κ3) is 5.24. The molecule has 1 rings (SSSR count). The predicted octanol–water partition coefficient (Wildman–Crippen LogP) is 3.16. The molecule has 0 fully saturated rings. The molecule has 0 atom stereocenters. The van der Waals surface area contributed by atoms with Crippen LogP contribution in [0.15, 0.2) is 18.2 Å². The Hall–Kier alpha value is -1.00. The van der Waals surface area contributed by atoms with Crippen LogP contribution in [0.2, 0.25) is 19.6 Å². The maximum atomic E-state index is 5.37. The second-order valence-corrected chi connectivity index (χ2v) is 12.4. The molecule has 1 aromatic rings. The van der Waals surface area contributed by atoms with Gasteiger partial charge in [0.15, 0.2) is 11.5 Å². The smallest absolute Gasteiger partial charge is 0.161 e. The van der Waals surface area contributed by atoms with Gasteiger partial charge < -0.3 is 14.0 Å². The van der Waals surface area contributed by atoms with Crippen LogP contribution in [-0.4, -0.2) is 47.0 Å². The Kier molecular flexibility index (Phi) is 5.04. The number of hydrogen-bond acceptors (Lipinski definition) is 2. The first-order chi connectivity index (χ1) is 8.67. The molecule has 19 heavy (non-hydrogen) atoms. The van der Waals surface area contributed by atoms with Crippen molar-refractivity contribution in [2.24, 2.45) is 0 Å². The molecule has 108 valence electrons. The molecule has 0 unspecified atom stereocenters. The first-order valence-electron chi connectivity index (χ1n) is 6.70. The Morgan fingerprint density at radius 1 is 1.00 bits per heavy atom. The SMILES string of the molecule is COc1ccc(C[N+](C)(C)C[Si](C)(C)C)cc1OC. The summed E-state index contributed by atoms with van der Waals surface area (Å²) in [5.74, 6) is 1.61. The highest BCUT2D eigenvalue weighted by molar-refractivity contribution is 6.75. The van der Waals surface area contributed by atoms with Gasteiger partial charge in [0.2, 0.25) is 0 Å². The second kappa shape index (κ2) is 5.97. The third-order valence-electron chi connectivity index (χ3n) is 2.96. The van der Waals surface area contributed by atoms with Crippen molar-refractivity contribution in [3.8, 4) is 11.5 Å². The Bertz CT molecular complexity index is 425. The lowest BCUT2D eigenvalue weighted by molar-refractivity contribution is -0.894. The Morgan fingerprint density at radius 2 is 1.58 bits per heavy atom. The van der Waals surface area contributed by atoms with E-state index in [2.05, 4.69) is 45.9 Å². The highest BCUT2D eigenvalue weighted by Crippen LogP contribution is 2.28. The maximum Gasteiger partial charge on any atom is 0.161 e. The van der Waals surface area contributed by atoms with E-state index in [0.717, 1.165) is 22.5 Å². The molecule has 3 nitrogen and oxygen atoms in total. The number of ether oxygens (including phenoxy) is 2. The van der Waals surface area contributed by atoms with Crippen LogP contribution in [0.25, 0.3) is 0 Å². The van der Waals surface area contributed by atoms with Crippen molar-refractivity contribution in [1.82, 2.24) is 0 Å². The number of methoxy groups -OCH3 is 2. The number of quaternary nitrogens is 1. The molecule has 0 aliphatic heterocycles. The van der Waals surface area contributed by atoms with Gasteiger partial charge >= 0.3 is 0 Å². The summed E-state index contributed by atoms with van der Waals surface area (Å²) in [6.45, 7) is 8.27. The molecule has 0 saturated carbocycles. The first kappa shape index (κ1) is 16.1. The highest BCUT2D eigenvalue weighted by Gasteiger charge is 2.26. The zero-order chi connectivity index (χ0) is 14.7. The van der Waals surface area contributed by atoms with Crippen LogP contribution in [-0.2, 0) is 6.54 Å². The number of hydrogen-bond donors (Lipinski definition) is 0. The van der Waals surface area contributed by atoms with Crippen molar-refractivity contribution in [2.75, 3.05) is 34.5 Å². The monoisotopic (exact) mass is 282 g/mol. The summed E-state index contributed by atoms with van der Waals surface area (Å²) >= 11 is 0. The van der Waals surface area contributed by atoms with Gasteiger partial charge in [0.05, 0.1) is 34.5 Å². The molecular weight excluding hydrogens is 254 g/mol. The highest BCUT2D eigenvalue weighted by atomic mass is 28.3. The van der Waals surface area contributed by atoms with E-state index in [9.17, 15) is 0 Å². The first-order valence-corrected chi connectivity index (χ1v) is 10.4. The molecule has 1 aromatic carbocycles. The molecule has 0 heterocycles. The van der Waals surface area contributed by atoms with E-state index in [1.54, 1.807) is 14.2 Å². The van der Waals surface area contributed by atoms with Crippen LogP contribution in [0.5, 0.6) is 11.5 Å². The van der Waals surface area contributed by atoms with Gasteiger partial charge in [0.25, 0.3) is 0 Å². The lowest BCUT2D eigenvalue weighted by Crippen LogP contribution is -2.49. The molecular formula is C15H28NO2Si+. The minimum absolute atomic E-state index is 0.793. The third-order valence-corrected chi connectivity index (χ3v) is 4.77. The summed E-state index contributed by atoms with van der Waals surface area (Å²) in [6, 6.07) is 6.21. The Morgan fingerprint density at radius 3 is 2.05 bits per heavy atom. The summed E-state index contributed by atoms with van der Waals surface area (Å²) in [6.07, 6.45) is 1.27. The van der Waals surface area contributed by atoms with Crippen molar-refractivity contribution in [2.45, 2.75) is 26.2 Å². The molecule has 0 spiro atoms. The normalized spacial score (nSPS) is 12.4. The summed E-state index contributed by atoms with van der Waals surface area (Å²) in [4.78, 5) is 0. The van der Waals surface area contributed by atoms with Gasteiger partial charge in [-0.2, -0.15) is 0 Å². The topological polar surface area (TPSA) is 18.5 Å². The van der Waals surface area contributed by atoms with Gasteiger partial charge in [-0.3, -0.25) is 0 Å². The van der Waals surface area contributed by atoms with Crippen LogP contribution in [0.1, 0.15) is 5.56 Å². The largest absolute Gasteiger partial charge is 0.493 e. The molecule has 0 aromatic heterocycles. The Labute approximate surface area is 118 Å². The van der Waals surface area contributed by atoms with Gasteiger partial charge in [-0.15, -0.1) is 0 Å². The lowest BCUT2D eigenvalue weighted by atomic mass is 10.2. The summed E-state index contributed by atoms with van der Waals surface area (Å²) in [7, 11) is 6.88. The molecule has 0 saturated heterocycles. The van der Waals surface area contributed by atoms with Crippen LogP contribution < -0.4 is 9.47 Å². The van der Waals surface area contributed by atoms with E-state index >= 15 is 0 Å². The van der Waals surface area contributed by atoms with E-state index in [0.29, 0.717) is 0 Å². The van der Waals surface area contributed by atoms with Crippen molar-refractivity contribution in [1.29, 1.82) is 0 Å². The van der Waals surface area contributed by atoms with Crippen LogP contribution in [0.3, 0.4) is 0 Å². The standard InChI is InChI=1S/C15H28NO2Si/c1-16(2,12-19(5,6)7)11-13-8-9-14(17-3)15(10-13)18-4/h8-10H,11-12H2,1-7H3/q+1. The number of rotatable bonds is 6. The molecule has 0 aliphatic rings. The summed E-state index contributed by atoms with van der Waals surface area (Å²) in [5.41, 5.74) is 1.29. The minimum atomic E-state index is -1.07. The number of benzene rings is 1. The predicted molar refractivity (Wildman–Crippen MR) is 83.6 cm³/mol. The molecule has 0 bridgehead atoms.